The summed E-state index contributed by atoms with van der Waals surface area (Å²) in [4.78, 5) is 2.47. The molecule has 0 atom stereocenters. The van der Waals surface area contributed by atoms with Gasteiger partial charge in [-0.2, -0.15) is 5.26 Å². The number of para-hydroxylation sites is 1. The molecule has 1 aliphatic heterocycles. The third-order valence-electron chi connectivity index (χ3n) is 5.62. The average molecular weight is 422 g/mol. The Labute approximate surface area is 176 Å². The maximum Gasteiger partial charge on any atom is 0.177 e. The Morgan fingerprint density at radius 1 is 1.13 bits per heavy atom. The Kier molecular flexibility index (Phi) is 5.31. The summed E-state index contributed by atoms with van der Waals surface area (Å²) in [6, 6.07) is 14.8. The van der Waals surface area contributed by atoms with Crippen LogP contribution in [0.15, 0.2) is 53.7 Å². The summed E-state index contributed by atoms with van der Waals surface area (Å²) in [5.74, 6) is 1.26. The van der Waals surface area contributed by atoms with Crippen molar-refractivity contribution < 1.29 is 8.42 Å². The van der Waals surface area contributed by atoms with Crippen molar-refractivity contribution in [2.75, 3.05) is 24.2 Å². The number of nitriles is 1. The van der Waals surface area contributed by atoms with Crippen LogP contribution in [0.2, 0.25) is 0 Å². The lowest BCUT2D eigenvalue weighted by atomic mass is 9.94. The van der Waals surface area contributed by atoms with E-state index in [-0.39, 0.29) is 0 Å². The first-order chi connectivity index (χ1) is 14.4. The Hall–Kier alpha value is -3.18. The molecule has 0 spiro atoms. The lowest BCUT2D eigenvalue weighted by Crippen LogP contribution is -2.35. The number of rotatable bonds is 4. The monoisotopic (exact) mass is 421 g/mol. The smallest absolute Gasteiger partial charge is 0.177 e. The predicted molar refractivity (Wildman–Crippen MR) is 115 cm³/mol. The minimum atomic E-state index is -3.43. The van der Waals surface area contributed by atoms with Gasteiger partial charge in [-0.25, -0.2) is 8.42 Å². The van der Waals surface area contributed by atoms with E-state index in [1.165, 1.54) is 6.26 Å². The molecule has 1 aliphatic rings. The van der Waals surface area contributed by atoms with E-state index < -0.39 is 9.84 Å². The van der Waals surface area contributed by atoms with Gasteiger partial charge in [0, 0.05) is 37.9 Å². The fraction of sp³-hybridized carbons (Fsp3) is 0.318. The third-order valence-corrected chi connectivity index (χ3v) is 6.75. The van der Waals surface area contributed by atoms with Crippen LogP contribution in [0, 0.1) is 11.3 Å². The van der Waals surface area contributed by atoms with Gasteiger partial charge in [-0.3, -0.25) is 0 Å². The molecule has 30 heavy (non-hydrogen) atoms. The van der Waals surface area contributed by atoms with Crippen molar-refractivity contribution in [3.05, 3.63) is 60.2 Å². The molecule has 7 nitrogen and oxygen atoms in total. The second kappa shape index (κ2) is 7.92. The van der Waals surface area contributed by atoms with Crippen LogP contribution in [0.5, 0.6) is 0 Å². The van der Waals surface area contributed by atoms with Crippen LogP contribution in [0.3, 0.4) is 0 Å². The van der Waals surface area contributed by atoms with Crippen molar-refractivity contribution in [3.8, 4) is 17.2 Å². The number of piperidine rings is 1. The zero-order chi connectivity index (χ0) is 21.3. The first-order valence-corrected chi connectivity index (χ1v) is 11.7. The molecule has 2 heterocycles. The van der Waals surface area contributed by atoms with Crippen LogP contribution in [0.25, 0.3) is 11.1 Å². The Morgan fingerprint density at radius 3 is 2.50 bits per heavy atom. The summed E-state index contributed by atoms with van der Waals surface area (Å²) < 4.78 is 27.1. The number of sulfone groups is 1. The molecule has 3 aromatic rings. The number of aryl methyl sites for hydroxylation is 1. The third kappa shape index (κ3) is 3.81. The zero-order valence-electron chi connectivity index (χ0n) is 17.0. The maximum absolute atomic E-state index is 12.6. The quantitative estimate of drug-likeness (QED) is 0.643. The van der Waals surface area contributed by atoms with Gasteiger partial charge in [-0.15, -0.1) is 10.2 Å². The molecule has 0 saturated carbocycles. The summed E-state index contributed by atoms with van der Waals surface area (Å²) in [5, 5.41) is 17.5. The lowest BCUT2D eigenvalue weighted by molar-refractivity contribution is 0.473. The molecular formula is C22H23N5O2S. The van der Waals surface area contributed by atoms with Gasteiger partial charge in [0.25, 0.3) is 0 Å². The maximum atomic E-state index is 12.6. The van der Waals surface area contributed by atoms with Crippen LogP contribution in [0.4, 0.5) is 5.69 Å². The molecule has 1 aromatic heterocycles. The Morgan fingerprint density at radius 2 is 1.87 bits per heavy atom. The second-order valence-electron chi connectivity index (χ2n) is 7.68. The molecule has 0 radical (unpaired) electrons. The van der Waals surface area contributed by atoms with Crippen LogP contribution >= 0.6 is 0 Å². The van der Waals surface area contributed by atoms with E-state index >= 15 is 0 Å². The zero-order valence-corrected chi connectivity index (χ0v) is 17.8. The predicted octanol–water partition coefficient (Wildman–Crippen LogP) is 3.14. The van der Waals surface area contributed by atoms with Crippen LogP contribution < -0.4 is 4.90 Å². The van der Waals surface area contributed by atoms with Gasteiger partial charge in [0.2, 0.25) is 0 Å². The van der Waals surface area contributed by atoms with Gasteiger partial charge >= 0.3 is 0 Å². The van der Waals surface area contributed by atoms with E-state index in [4.69, 9.17) is 0 Å². The van der Waals surface area contributed by atoms with Gasteiger partial charge in [0.15, 0.2) is 9.84 Å². The van der Waals surface area contributed by atoms with Crippen molar-refractivity contribution in [1.82, 2.24) is 14.8 Å². The van der Waals surface area contributed by atoms with Crippen molar-refractivity contribution in [1.29, 1.82) is 5.26 Å². The summed E-state index contributed by atoms with van der Waals surface area (Å²) in [5.41, 5.74) is 2.92. The first-order valence-electron chi connectivity index (χ1n) is 9.81. The summed E-state index contributed by atoms with van der Waals surface area (Å²) in [6.45, 7) is 1.43. The number of hydrogen-bond donors (Lipinski definition) is 0. The van der Waals surface area contributed by atoms with Gasteiger partial charge in [0.05, 0.1) is 22.2 Å². The summed E-state index contributed by atoms with van der Waals surface area (Å²) >= 11 is 0. The SMILES string of the molecule is Cn1cnnc1C1CCN(c2c(-c3cccc(C#N)c3)cccc2S(C)(=O)=O)CC1. The van der Waals surface area contributed by atoms with Gasteiger partial charge in [-0.1, -0.05) is 24.3 Å². The minimum Gasteiger partial charge on any atom is -0.370 e. The molecule has 1 saturated heterocycles. The van der Waals surface area contributed by atoms with E-state index in [0.29, 0.717) is 22.1 Å². The molecule has 1 fully saturated rings. The molecule has 4 rings (SSSR count). The first kappa shape index (κ1) is 20.1. The molecule has 0 aliphatic carbocycles. The number of anilines is 1. The Balaban J connectivity index is 1.75. The number of hydrogen-bond acceptors (Lipinski definition) is 6. The summed E-state index contributed by atoms with van der Waals surface area (Å²) in [6.07, 6.45) is 4.68. The highest BCUT2D eigenvalue weighted by Gasteiger charge is 2.28. The van der Waals surface area contributed by atoms with Crippen molar-refractivity contribution in [2.24, 2.45) is 7.05 Å². The molecule has 2 aromatic carbocycles. The highest BCUT2D eigenvalue weighted by atomic mass is 32.2. The molecule has 0 bridgehead atoms. The minimum absolute atomic E-state index is 0.296. The van der Waals surface area contributed by atoms with E-state index in [9.17, 15) is 13.7 Å². The van der Waals surface area contributed by atoms with Crippen LogP contribution in [-0.4, -0.2) is 42.5 Å². The van der Waals surface area contributed by atoms with Gasteiger partial charge in [-0.05, 0) is 36.6 Å². The average Bonchev–Trinajstić information content (AvgIpc) is 3.18. The molecule has 8 heteroatoms. The molecule has 0 amide bonds. The molecule has 154 valence electrons. The molecular weight excluding hydrogens is 398 g/mol. The Bertz CT molecular complexity index is 1220. The largest absolute Gasteiger partial charge is 0.370 e. The van der Waals surface area contributed by atoms with E-state index in [1.807, 2.05) is 29.8 Å². The van der Waals surface area contributed by atoms with Crippen molar-refractivity contribution in [2.45, 2.75) is 23.7 Å². The van der Waals surface area contributed by atoms with Crippen LogP contribution in [-0.2, 0) is 16.9 Å². The van der Waals surface area contributed by atoms with E-state index in [2.05, 4.69) is 21.2 Å². The van der Waals surface area contributed by atoms with Gasteiger partial charge < -0.3 is 9.47 Å². The number of benzene rings is 2. The standard InChI is InChI=1S/C22H23N5O2S/c1-26-15-24-25-22(26)17-9-11-27(12-10-17)21-19(7-4-8-20(21)30(2,28)29)18-6-3-5-16(13-18)14-23/h3-8,13,15,17H,9-12H2,1-2H3. The fourth-order valence-electron chi connectivity index (χ4n) is 4.16. The van der Waals surface area contributed by atoms with E-state index in [1.54, 1.807) is 30.6 Å². The second-order valence-corrected chi connectivity index (χ2v) is 9.66. The van der Waals surface area contributed by atoms with Crippen LogP contribution in [0.1, 0.15) is 30.1 Å². The number of aromatic nitrogens is 3. The highest BCUT2D eigenvalue weighted by molar-refractivity contribution is 7.90. The summed E-state index contributed by atoms with van der Waals surface area (Å²) in [7, 11) is -1.48. The fourth-order valence-corrected chi connectivity index (χ4v) is 5.08. The topological polar surface area (TPSA) is 91.9 Å². The van der Waals surface area contributed by atoms with Crippen molar-refractivity contribution >= 4 is 15.5 Å². The highest BCUT2D eigenvalue weighted by Crippen LogP contribution is 2.39. The normalized spacial score (nSPS) is 15.2. The molecule has 0 N–H and O–H groups in total. The van der Waals surface area contributed by atoms with E-state index in [0.717, 1.165) is 42.9 Å². The number of nitrogens with zero attached hydrogens (tertiary/aromatic N) is 5. The van der Waals surface area contributed by atoms with Crippen molar-refractivity contribution in [3.63, 3.8) is 0 Å². The lowest BCUT2D eigenvalue weighted by Gasteiger charge is -2.35. The van der Waals surface area contributed by atoms with Gasteiger partial charge in [0.1, 0.15) is 12.2 Å². The molecule has 0 unspecified atom stereocenters.